The van der Waals surface area contributed by atoms with Crippen LogP contribution in [0.3, 0.4) is 0 Å². The average Bonchev–Trinajstić information content (AvgIpc) is 2.65. The Balaban J connectivity index is 1.97. The van der Waals surface area contributed by atoms with Crippen LogP contribution in [0.1, 0.15) is 69.2 Å². The largest absolute Gasteiger partial charge is 0.349 e. The molecule has 5 nitrogen and oxygen atoms in total. The van der Waals surface area contributed by atoms with E-state index in [-0.39, 0.29) is 11.8 Å². The lowest BCUT2D eigenvalue weighted by Gasteiger charge is -2.28. The van der Waals surface area contributed by atoms with E-state index in [0.29, 0.717) is 36.7 Å². The summed E-state index contributed by atoms with van der Waals surface area (Å²) in [6, 6.07) is 7.37. The van der Waals surface area contributed by atoms with E-state index in [0.717, 1.165) is 12.8 Å². The van der Waals surface area contributed by atoms with Crippen molar-refractivity contribution in [2.24, 2.45) is 11.1 Å². The Kier molecular flexibility index (Phi) is 7.00. The van der Waals surface area contributed by atoms with Crippen LogP contribution in [0.4, 0.5) is 5.69 Å². The lowest BCUT2D eigenvalue weighted by atomic mass is 9.81. The second-order valence-electron chi connectivity index (χ2n) is 7.03. The number of anilines is 1. The summed E-state index contributed by atoms with van der Waals surface area (Å²) >= 11 is 0. The van der Waals surface area contributed by atoms with Crippen molar-refractivity contribution in [3.8, 4) is 0 Å². The number of amides is 2. The Bertz CT molecular complexity index is 565. The highest BCUT2D eigenvalue weighted by Gasteiger charge is 2.33. The number of nitrogens with two attached hydrogens (primary N) is 1. The first-order valence-corrected chi connectivity index (χ1v) is 9.47. The predicted molar refractivity (Wildman–Crippen MR) is 101 cm³/mol. The molecule has 1 saturated carbocycles. The van der Waals surface area contributed by atoms with Crippen LogP contribution in [-0.2, 0) is 4.79 Å². The maximum absolute atomic E-state index is 12.5. The molecule has 2 amide bonds. The molecule has 2 rings (SSSR count). The molecule has 25 heavy (non-hydrogen) atoms. The molecule has 0 aliphatic heterocycles. The zero-order valence-electron chi connectivity index (χ0n) is 15.4. The molecule has 0 atom stereocenters. The minimum atomic E-state index is -0.531. The highest BCUT2D eigenvalue weighted by molar-refractivity contribution is 5.97. The van der Waals surface area contributed by atoms with Crippen molar-refractivity contribution < 1.29 is 9.59 Å². The SMILES string of the molecule is CCC(CC)(CN)C(=O)Nc1ccc(C(=O)NC2CCCCC2)cc1. The fourth-order valence-corrected chi connectivity index (χ4v) is 3.44. The fourth-order valence-electron chi connectivity index (χ4n) is 3.44. The summed E-state index contributed by atoms with van der Waals surface area (Å²) in [4.78, 5) is 24.9. The van der Waals surface area contributed by atoms with Gasteiger partial charge in [0.2, 0.25) is 5.91 Å². The predicted octanol–water partition coefficient (Wildman–Crippen LogP) is 3.45. The Morgan fingerprint density at radius 1 is 1.08 bits per heavy atom. The highest BCUT2D eigenvalue weighted by Crippen LogP contribution is 2.27. The number of rotatable bonds is 7. The molecule has 1 aliphatic carbocycles. The summed E-state index contributed by atoms with van der Waals surface area (Å²) in [6.07, 6.45) is 7.17. The van der Waals surface area contributed by atoms with Crippen molar-refractivity contribution >= 4 is 17.5 Å². The van der Waals surface area contributed by atoms with Gasteiger partial charge in [0.1, 0.15) is 0 Å². The van der Waals surface area contributed by atoms with Gasteiger partial charge in [0, 0.05) is 23.8 Å². The van der Waals surface area contributed by atoms with E-state index >= 15 is 0 Å². The lowest BCUT2D eigenvalue weighted by Crippen LogP contribution is -2.41. The van der Waals surface area contributed by atoms with Gasteiger partial charge in [0.05, 0.1) is 5.41 Å². The van der Waals surface area contributed by atoms with Crippen molar-refractivity contribution in [2.75, 3.05) is 11.9 Å². The van der Waals surface area contributed by atoms with Gasteiger partial charge in [-0.1, -0.05) is 33.1 Å². The second-order valence-corrected chi connectivity index (χ2v) is 7.03. The molecular weight excluding hydrogens is 314 g/mol. The van der Waals surface area contributed by atoms with Crippen LogP contribution in [-0.4, -0.2) is 24.4 Å². The van der Waals surface area contributed by atoms with E-state index < -0.39 is 5.41 Å². The maximum atomic E-state index is 12.5. The first kappa shape index (κ1) is 19.4. The molecular formula is C20H31N3O2. The molecule has 0 saturated heterocycles. The van der Waals surface area contributed by atoms with Crippen LogP contribution in [0.2, 0.25) is 0 Å². The van der Waals surface area contributed by atoms with Crippen LogP contribution in [0, 0.1) is 5.41 Å². The molecule has 1 fully saturated rings. The summed E-state index contributed by atoms with van der Waals surface area (Å²) in [6.45, 7) is 4.29. The molecule has 0 aromatic heterocycles. The smallest absolute Gasteiger partial charge is 0.251 e. The second kappa shape index (κ2) is 8.99. The van der Waals surface area contributed by atoms with Crippen LogP contribution < -0.4 is 16.4 Å². The first-order valence-electron chi connectivity index (χ1n) is 9.47. The van der Waals surface area contributed by atoms with Gasteiger partial charge in [-0.05, 0) is 49.9 Å². The third-order valence-corrected chi connectivity index (χ3v) is 5.57. The summed E-state index contributed by atoms with van der Waals surface area (Å²) in [5, 5.41) is 6.04. The normalized spacial score (nSPS) is 15.6. The third kappa shape index (κ3) is 4.82. The molecule has 138 valence electrons. The number of carbonyl (C=O) groups is 2. The molecule has 1 aromatic carbocycles. The molecule has 0 heterocycles. The maximum Gasteiger partial charge on any atom is 0.251 e. The topological polar surface area (TPSA) is 84.2 Å². The van der Waals surface area contributed by atoms with Gasteiger partial charge in [-0.15, -0.1) is 0 Å². The van der Waals surface area contributed by atoms with Crippen LogP contribution >= 0.6 is 0 Å². The Labute approximate surface area is 150 Å². The molecule has 0 spiro atoms. The van der Waals surface area contributed by atoms with Crippen molar-refractivity contribution in [3.05, 3.63) is 29.8 Å². The summed E-state index contributed by atoms with van der Waals surface area (Å²) < 4.78 is 0. The van der Waals surface area contributed by atoms with Gasteiger partial charge in [0.15, 0.2) is 0 Å². The van der Waals surface area contributed by atoms with Crippen LogP contribution in [0.15, 0.2) is 24.3 Å². The van der Waals surface area contributed by atoms with Gasteiger partial charge in [-0.25, -0.2) is 0 Å². The molecule has 4 N–H and O–H groups in total. The number of hydrogen-bond donors (Lipinski definition) is 3. The van der Waals surface area contributed by atoms with Gasteiger partial charge in [-0.2, -0.15) is 0 Å². The standard InChI is InChI=1S/C20H31N3O2/c1-3-20(4-2,14-21)19(25)23-17-12-10-15(11-13-17)18(24)22-16-8-6-5-7-9-16/h10-13,16H,3-9,14,21H2,1-2H3,(H,22,24)(H,23,25). The first-order chi connectivity index (χ1) is 12.0. The van der Waals surface area contributed by atoms with Crippen molar-refractivity contribution in [1.82, 2.24) is 5.32 Å². The summed E-state index contributed by atoms with van der Waals surface area (Å²) in [7, 11) is 0. The Hall–Kier alpha value is -1.88. The van der Waals surface area contributed by atoms with Crippen molar-refractivity contribution in [2.45, 2.75) is 64.8 Å². The highest BCUT2D eigenvalue weighted by atomic mass is 16.2. The molecule has 5 heteroatoms. The van der Waals surface area contributed by atoms with E-state index in [9.17, 15) is 9.59 Å². The van der Waals surface area contributed by atoms with E-state index in [4.69, 9.17) is 5.73 Å². The van der Waals surface area contributed by atoms with Crippen LogP contribution in [0.25, 0.3) is 0 Å². The molecule has 1 aromatic rings. The number of benzene rings is 1. The molecule has 1 aliphatic rings. The monoisotopic (exact) mass is 345 g/mol. The minimum absolute atomic E-state index is 0.0387. The minimum Gasteiger partial charge on any atom is -0.349 e. The van der Waals surface area contributed by atoms with Gasteiger partial charge in [0.25, 0.3) is 5.91 Å². The zero-order valence-corrected chi connectivity index (χ0v) is 15.4. The lowest BCUT2D eigenvalue weighted by molar-refractivity contribution is -0.125. The third-order valence-electron chi connectivity index (χ3n) is 5.57. The number of carbonyl (C=O) groups excluding carboxylic acids is 2. The number of nitrogens with one attached hydrogen (secondary N) is 2. The summed E-state index contributed by atoms with van der Waals surface area (Å²) in [5.74, 6) is -0.0948. The van der Waals surface area contributed by atoms with Crippen molar-refractivity contribution in [1.29, 1.82) is 0 Å². The molecule has 0 bridgehead atoms. The van der Waals surface area contributed by atoms with Crippen molar-refractivity contribution in [3.63, 3.8) is 0 Å². The summed E-state index contributed by atoms with van der Waals surface area (Å²) in [5.41, 5.74) is 6.61. The quantitative estimate of drug-likeness (QED) is 0.707. The Morgan fingerprint density at radius 2 is 1.68 bits per heavy atom. The molecule has 0 unspecified atom stereocenters. The van der Waals surface area contributed by atoms with Gasteiger partial charge in [-0.3, -0.25) is 9.59 Å². The van der Waals surface area contributed by atoms with E-state index in [2.05, 4.69) is 10.6 Å². The molecule has 0 radical (unpaired) electrons. The van der Waals surface area contributed by atoms with Gasteiger partial charge >= 0.3 is 0 Å². The van der Waals surface area contributed by atoms with E-state index in [1.165, 1.54) is 19.3 Å². The van der Waals surface area contributed by atoms with Gasteiger partial charge < -0.3 is 16.4 Å². The van der Waals surface area contributed by atoms with E-state index in [1.54, 1.807) is 24.3 Å². The van der Waals surface area contributed by atoms with Crippen LogP contribution in [0.5, 0.6) is 0 Å². The van der Waals surface area contributed by atoms with E-state index in [1.807, 2.05) is 13.8 Å². The zero-order chi connectivity index (χ0) is 18.3. The number of hydrogen-bond acceptors (Lipinski definition) is 3. The average molecular weight is 345 g/mol. The Morgan fingerprint density at radius 3 is 2.20 bits per heavy atom. The fraction of sp³-hybridized carbons (Fsp3) is 0.600.